The second-order valence-electron chi connectivity index (χ2n) is 7.71. The Balaban J connectivity index is 1.49. The maximum absolute atomic E-state index is 13.4. The highest BCUT2D eigenvalue weighted by Crippen LogP contribution is 2.29. The largest absolute Gasteiger partial charge is 0.300 e. The van der Waals surface area contributed by atoms with Crippen molar-refractivity contribution in [3.63, 3.8) is 0 Å². The molecule has 0 fully saturated rings. The van der Waals surface area contributed by atoms with E-state index in [1.807, 2.05) is 55.5 Å². The lowest BCUT2D eigenvalue weighted by molar-refractivity contribution is -0.119. The molecule has 0 spiro atoms. The summed E-state index contributed by atoms with van der Waals surface area (Å²) in [5, 5.41) is 3.27. The van der Waals surface area contributed by atoms with E-state index in [4.69, 9.17) is 0 Å². The first-order chi connectivity index (χ1) is 15.5. The molecule has 3 aromatic carbocycles. The fourth-order valence-electron chi connectivity index (χ4n) is 3.90. The molecule has 0 aliphatic carbocycles. The molecule has 4 aromatic rings. The Morgan fingerprint density at radius 3 is 2.31 bits per heavy atom. The van der Waals surface area contributed by atoms with Crippen LogP contribution in [0.3, 0.4) is 0 Å². The number of aryl methyl sites for hydroxylation is 1. The summed E-state index contributed by atoms with van der Waals surface area (Å²) in [7, 11) is 0. The Kier molecular flexibility index (Phi) is 5.03. The molecule has 1 N–H and O–H groups in total. The molecule has 1 aliphatic rings. The van der Waals surface area contributed by atoms with Crippen molar-refractivity contribution < 1.29 is 14.4 Å². The Labute approximate surface area is 188 Å². The van der Waals surface area contributed by atoms with Gasteiger partial charge in [0.05, 0.1) is 21.3 Å². The molecule has 5 rings (SSSR count). The predicted octanol–water partition coefficient (Wildman–Crippen LogP) is 4.45. The lowest BCUT2D eigenvalue weighted by atomic mass is 10.0. The number of anilines is 1. The van der Waals surface area contributed by atoms with Crippen molar-refractivity contribution in [2.45, 2.75) is 19.4 Å². The van der Waals surface area contributed by atoms with Gasteiger partial charge in [-0.3, -0.25) is 19.3 Å². The van der Waals surface area contributed by atoms with Gasteiger partial charge in [-0.15, -0.1) is 0 Å². The molecular weight excluding hydrogens is 422 g/mol. The summed E-state index contributed by atoms with van der Waals surface area (Å²) < 4.78 is 0.959. The first-order valence-electron chi connectivity index (χ1n) is 10.2. The molecule has 158 valence electrons. The van der Waals surface area contributed by atoms with Crippen LogP contribution in [-0.2, 0) is 11.2 Å². The normalized spacial score (nSPS) is 14.0. The van der Waals surface area contributed by atoms with Crippen LogP contribution in [0, 0.1) is 6.92 Å². The highest BCUT2D eigenvalue weighted by atomic mass is 32.1. The van der Waals surface area contributed by atoms with Gasteiger partial charge in [0.15, 0.2) is 5.13 Å². The number of aromatic nitrogens is 1. The fraction of sp³-hybridized carbons (Fsp3) is 0.120. The Morgan fingerprint density at radius 1 is 0.969 bits per heavy atom. The fourth-order valence-corrected chi connectivity index (χ4v) is 4.87. The van der Waals surface area contributed by atoms with Gasteiger partial charge in [-0.05, 0) is 42.3 Å². The van der Waals surface area contributed by atoms with Crippen LogP contribution < -0.4 is 5.32 Å². The summed E-state index contributed by atoms with van der Waals surface area (Å²) in [4.78, 5) is 45.1. The number of nitrogens with one attached hydrogen (secondary N) is 1. The van der Waals surface area contributed by atoms with Crippen LogP contribution in [0.2, 0.25) is 0 Å². The third kappa shape index (κ3) is 3.56. The van der Waals surface area contributed by atoms with Crippen LogP contribution >= 0.6 is 11.3 Å². The minimum Gasteiger partial charge on any atom is -0.300 e. The topological polar surface area (TPSA) is 79.4 Å². The highest BCUT2D eigenvalue weighted by Gasteiger charge is 2.42. The van der Waals surface area contributed by atoms with Gasteiger partial charge < -0.3 is 5.32 Å². The third-order valence-electron chi connectivity index (χ3n) is 5.49. The third-order valence-corrected chi connectivity index (χ3v) is 6.42. The number of nitrogens with zero attached hydrogens (tertiary/aromatic N) is 2. The van der Waals surface area contributed by atoms with Gasteiger partial charge in [-0.25, -0.2) is 4.98 Å². The van der Waals surface area contributed by atoms with E-state index in [0.717, 1.165) is 26.2 Å². The molecule has 0 bridgehead atoms. The second kappa shape index (κ2) is 8.01. The monoisotopic (exact) mass is 441 g/mol. The first kappa shape index (κ1) is 20.1. The molecule has 1 atom stereocenters. The zero-order valence-electron chi connectivity index (χ0n) is 17.2. The van der Waals surface area contributed by atoms with Gasteiger partial charge in [0.1, 0.15) is 6.04 Å². The van der Waals surface area contributed by atoms with Crippen LogP contribution in [-0.4, -0.2) is 33.6 Å². The maximum Gasteiger partial charge on any atom is 0.262 e. The van der Waals surface area contributed by atoms with Gasteiger partial charge in [-0.1, -0.05) is 59.9 Å². The Morgan fingerprint density at radius 2 is 1.62 bits per heavy atom. The summed E-state index contributed by atoms with van der Waals surface area (Å²) in [6.45, 7) is 2.00. The lowest BCUT2D eigenvalue weighted by Crippen LogP contribution is -2.48. The van der Waals surface area contributed by atoms with Gasteiger partial charge in [0, 0.05) is 6.42 Å². The molecule has 6 nitrogen and oxygen atoms in total. The summed E-state index contributed by atoms with van der Waals surface area (Å²) in [6, 6.07) is 20.9. The highest BCUT2D eigenvalue weighted by molar-refractivity contribution is 7.22. The van der Waals surface area contributed by atoms with Gasteiger partial charge in [0.25, 0.3) is 11.8 Å². The van der Waals surface area contributed by atoms with Crippen molar-refractivity contribution in [3.05, 3.63) is 95.1 Å². The molecule has 0 saturated heterocycles. The van der Waals surface area contributed by atoms with E-state index in [2.05, 4.69) is 10.3 Å². The number of hydrogen-bond donors (Lipinski definition) is 1. The number of rotatable bonds is 5. The zero-order valence-corrected chi connectivity index (χ0v) is 18.1. The van der Waals surface area contributed by atoms with E-state index in [1.165, 1.54) is 11.3 Å². The number of fused-ring (bicyclic) bond motifs is 2. The van der Waals surface area contributed by atoms with E-state index in [0.29, 0.717) is 16.3 Å². The average Bonchev–Trinajstić information content (AvgIpc) is 3.30. The summed E-state index contributed by atoms with van der Waals surface area (Å²) >= 11 is 1.36. The van der Waals surface area contributed by atoms with Crippen molar-refractivity contribution in [1.82, 2.24) is 9.88 Å². The van der Waals surface area contributed by atoms with Crippen molar-refractivity contribution in [3.8, 4) is 0 Å². The number of benzene rings is 3. The van der Waals surface area contributed by atoms with Gasteiger partial charge >= 0.3 is 0 Å². The van der Waals surface area contributed by atoms with Gasteiger partial charge in [-0.2, -0.15) is 0 Å². The molecule has 0 unspecified atom stereocenters. The average molecular weight is 442 g/mol. The van der Waals surface area contributed by atoms with E-state index in [1.54, 1.807) is 24.3 Å². The standard InChI is InChI=1S/C25H19N3O3S/c1-15-11-12-19-21(13-15)32-25(26-19)27-22(29)20(14-16-7-3-2-4-8-16)28-23(30)17-9-5-6-10-18(17)24(28)31/h2-13,20H,14H2,1H3,(H,26,27,29)/t20-/m0/s1. The van der Waals surface area contributed by atoms with Crippen LogP contribution in [0.5, 0.6) is 0 Å². The first-order valence-corrected chi connectivity index (χ1v) is 11.0. The molecular formula is C25H19N3O3S. The van der Waals surface area contributed by atoms with Crippen molar-refractivity contribution >= 4 is 44.4 Å². The number of carbonyl (C=O) groups excluding carboxylic acids is 3. The van der Waals surface area contributed by atoms with E-state index in [-0.39, 0.29) is 6.42 Å². The molecule has 2 heterocycles. The molecule has 32 heavy (non-hydrogen) atoms. The minimum absolute atomic E-state index is 0.210. The van der Waals surface area contributed by atoms with Crippen molar-refractivity contribution in [2.75, 3.05) is 5.32 Å². The SMILES string of the molecule is Cc1ccc2nc(NC(=O)[C@H](Cc3ccccc3)N3C(=O)c4ccccc4C3=O)sc2c1. The molecule has 7 heteroatoms. The summed E-state index contributed by atoms with van der Waals surface area (Å²) in [5.74, 6) is -1.36. The second-order valence-corrected chi connectivity index (χ2v) is 8.74. The van der Waals surface area contributed by atoms with E-state index in [9.17, 15) is 14.4 Å². The van der Waals surface area contributed by atoms with Crippen LogP contribution in [0.25, 0.3) is 10.2 Å². The quantitative estimate of drug-likeness (QED) is 0.464. The van der Waals surface area contributed by atoms with E-state index >= 15 is 0 Å². The number of thiazole rings is 1. The van der Waals surface area contributed by atoms with Crippen LogP contribution in [0.15, 0.2) is 72.8 Å². The van der Waals surface area contributed by atoms with Gasteiger partial charge in [0.2, 0.25) is 5.91 Å². The smallest absolute Gasteiger partial charge is 0.262 e. The molecule has 3 amide bonds. The molecule has 1 aromatic heterocycles. The molecule has 0 saturated carbocycles. The Bertz CT molecular complexity index is 1330. The molecule has 0 radical (unpaired) electrons. The maximum atomic E-state index is 13.4. The zero-order chi connectivity index (χ0) is 22.2. The number of imide groups is 1. The number of hydrogen-bond acceptors (Lipinski definition) is 5. The van der Waals surface area contributed by atoms with Crippen molar-refractivity contribution in [1.29, 1.82) is 0 Å². The Hall–Kier alpha value is -3.84. The van der Waals surface area contributed by atoms with Crippen LogP contribution in [0.4, 0.5) is 5.13 Å². The lowest BCUT2D eigenvalue weighted by Gasteiger charge is -2.25. The minimum atomic E-state index is -1.00. The summed E-state index contributed by atoms with van der Waals surface area (Å²) in [5.41, 5.74) is 3.38. The van der Waals surface area contributed by atoms with E-state index < -0.39 is 23.8 Å². The predicted molar refractivity (Wildman–Crippen MR) is 124 cm³/mol. The van der Waals surface area contributed by atoms with Crippen molar-refractivity contribution in [2.24, 2.45) is 0 Å². The molecule has 1 aliphatic heterocycles. The van der Waals surface area contributed by atoms with Crippen LogP contribution in [0.1, 0.15) is 31.8 Å². The summed E-state index contributed by atoms with van der Waals surface area (Å²) in [6.07, 6.45) is 0.210. The number of amides is 3. The number of carbonyl (C=O) groups is 3.